The number of amides is 1. The van der Waals surface area contributed by atoms with Crippen LogP contribution in [0.2, 0.25) is 0 Å². The van der Waals surface area contributed by atoms with Gasteiger partial charge in [-0.25, -0.2) is 0 Å². The molecule has 4 nitrogen and oxygen atoms in total. The number of likely N-dealkylation sites (N-methyl/N-ethyl adjacent to an activating group) is 1. The second-order valence-corrected chi connectivity index (χ2v) is 7.21. The van der Waals surface area contributed by atoms with Gasteiger partial charge in [0.2, 0.25) is 0 Å². The Bertz CT molecular complexity index is 740. The summed E-state index contributed by atoms with van der Waals surface area (Å²) in [7, 11) is 0. The first-order valence-corrected chi connectivity index (χ1v) is 9.31. The van der Waals surface area contributed by atoms with Gasteiger partial charge in [0.1, 0.15) is 10.9 Å². The minimum atomic E-state index is -0.0748. The normalized spacial score (nSPS) is 15.8. The molecular formula is C17H16BrNO3S2. The van der Waals surface area contributed by atoms with Crippen molar-refractivity contribution in [3.63, 3.8) is 0 Å². The summed E-state index contributed by atoms with van der Waals surface area (Å²) in [5, 5.41) is 0. The Hall–Kier alpha value is -1.49. The van der Waals surface area contributed by atoms with Crippen molar-refractivity contribution in [1.82, 2.24) is 4.90 Å². The summed E-state index contributed by atoms with van der Waals surface area (Å²) in [6.07, 6.45) is 7.04. The largest absolute Gasteiger partial charge is 0.490 e. The number of nitrogens with zero attached hydrogens (tertiary/aromatic N) is 1. The fraction of sp³-hybridized carbons (Fsp3) is 0.294. The average molecular weight is 426 g/mol. The number of carbonyl (C=O) groups excluding carboxylic acids is 1. The van der Waals surface area contributed by atoms with Crippen molar-refractivity contribution < 1.29 is 14.3 Å². The fourth-order valence-corrected chi connectivity index (χ4v) is 4.07. The van der Waals surface area contributed by atoms with E-state index in [0.717, 1.165) is 5.56 Å². The van der Waals surface area contributed by atoms with Gasteiger partial charge in [-0.15, -0.1) is 6.42 Å². The van der Waals surface area contributed by atoms with Crippen molar-refractivity contribution >= 4 is 56.2 Å². The van der Waals surface area contributed by atoms with Gasteiger partial charge in [-0.3, -0.25) is 9.69 Å². The van der Waals surface area contributed by atoms with Crippen LogP contribution in [0.4, 0.5) is 0 Å². The molecule has 0 aliphatic carbocycles. The maximum atomic E-state index is 12.3. The quantitative estimate of drug-likeness (QED) is 0.390. The lowest BCUT2D eigenvalue weighted by Crippen LogP contribution is -2.27. The van der Waals surface area contributed by atoms with Gasteiger partial charge in [-0.1, -0.05) is 29.9 Å². The summed E-state index contributed by atoms with van der Waals surface area (Å²) in [4.78, 5) is 14.5. The predicted octanol–water partition coefficient (Wildman–Crippen LogP) is 4.08. The first-order valence-electron chi connectivity index (χ1n) is 7.29. The lowest BCUT2D eigenvalue weighted by Gasteiger charge is -2.13. The minimum absolute atomic E-state index is 0.0748. The van der Waals surface area contributed by atoms with Crippen molar-refractivity contribution in [3.05, 3.63) is 27.1 Å². The zero-order valence-corrected chi connectivity index (χ0v) is 16.5. The van der Waals surface area contributed by atoms with E-state index in [1.807, 2.05) is 26.0 Å². The molecule has 0 radical (unpaired) electrons. The molecule has 0 unspecified atom stereocenters. The van der Waals surface area contributed by atoms with E-state index < -0.39 is 0 Å². The van der Waals surface area contributed by atoms with Crippen molar-refractivity contribution in [2.45, 2.75) is 13.8 Å². The Morgan fingerprint density at radius 1 is 1.42 bits per heavy atom. The molecule has 1 heterocycles. The molecule has 126 valence electrons. The van der Waals surface area contributed by atoms with E-state index >= 15 is 0 Å². The van der Waals surface area contributed by atoms with Gasteiger partial charge in [-0.2, -0.15) is 0 Å². The van der Waals surface area contributed by atoms with Crippen molar-refractivity contribution in [3.8, 4) is 23.8 Å². The van der Waals surface area contributed by atoms with Gasteiger partial charge < -0.3 is 9.47 Å². The van der Waals surface area contributed by atoms with Crippen LogP contribution in [0.1, 0.15) is 19.4 Å². The molecule has 0 aromatic heterocycles. The van der Waals surface area contributed by atoms with Gasteiger partial charge >= 0.3 is 0 Å². The van der Waals surface area contributed by atoms with Crippen molar-refractivity contribution in [2.24, 2.45) is 0 Å². The monoisotopic (exact) mass is 425 g/mol. The molecule has 0 bridgehead atoms. The van der Waals surface area contributed by atoms with Crippen LogP contribution in [-0.2, 0) is 4.79 Å². The van der Waals surface area contributed by atoms with E-state index in [9.17, 15) is 4.79 Å². The Balaban J connectivity index is 2.38. The number of carbonyl (C=O) groups is 1. The number of hydrogen-bond acceptors (Lipinski definition) is 5. The molecule has 1 aliphatic heterocycles. The Morgan fingerprint density at radius 3 is 2.75 bits per heavy atom. The highest BCUT2D eigenvalue weighted by Crippen LogP contribution is 2.39. The summed E-state index contributed by atoms with van der Waals surface area (Å²) in [5.41, 5.74) is 0.815. The number of ether oxygens (including phenoxy) is 2. The SMILES string of the molecule is C#CCOc1c(Br)cc(/C=C2\SC(=S)N(CC)C2=O)cc1OCC. The highest BCUT2D eigenvalue weighted by Gasteiger charge is 2.30. The molecular weight excluding hydrogens is 410 g/mol. The summed E-state index contributed by atoms with van der Waals surface area (Å²) in [5.74, 6) is 3.47. The molecule has 1 fully saturated rings. The smallest absolute Gasteiger partial charge is 0.266 e. The third kappa shape index (κ3) is 4.12. The standard InChI is InChI=1S/C17H16BrNO3S2/c1-4-7-22-15-12(18)8-11(9-13(15)21-6-3)10-14-16(20)19(5-2)17(23)24-14/h1,8-10H,5-7H2,2-3H3/b14-10-. The number of rotatable bonds is 6. The van der Waals surface area contributed by atoms with Crippen LogP contribution in [-0.4, -0.2) is 34.9 Å². The molecule has 0 spiro atoms. The zero-order chi connectivity index (χ0) is 17.7. The molecule has 0 saturated carbocycles. The van der Waals surface area contributed by atoms with Crippen LogP contribution in [0.5, 0.6) is 11.5 Å². The second kappa shape index (κ2) is 8.56. The minimum Gasteiger partial charge on any atom is -0.490 e. The first kappa shape index (κ1) is 18.8. The molecule has 2 rings (SSSR count). The number of benzene rings is 1. The van der Waals surface area contributed by atoms with Gasteiger partial charge in [0, 0.05) is 6.54 Å². The zero-order valence-electron chi connectivity index (χ0n) is 13.3. The van der Waals surface area contributed by atoms with E-state index in [-0.39, 0.29) is 12.5 Å². The summed E-state index contributed by atoms with van der Waals surface area (Å²) < 4.78 is 12.5. The molecule has 7 heteroatoms. The third-order valence-electron chi connectivity index (χ3n) is 3.12. The van der Waals surface area contributed by atoms with Gasteiger partial charge in [0.25, 0.3) is 5.91 Å². The number of halogens is 1. The van der Waals surface area contributed by atoms with E-state index in [1.165, 1.54) is 11.8 Å². The maximum Gasteiger partial charge on any atom is 0.266 e. The lowest BCUT2D eigenvalue weighted by molar-refractivity contribution is -0.121. The predicted molar refractivity (Wildman–Crippen MR) is 105 cm³/mol. The Labute approximate surface area is 159 Å². The van der Waals surface area contributed by atoms with Gasteiger partial charge in [0.15, 0.2) is 11.5 Å². The molecule has 1 amide bonds. The number of thioether (sulfide) groups is 1. The van der Waals surface area contributed by atoms with Crippen LogP contribution < -0.4 is 9.47 Å². The topological polar surface area (TPSA) is 38.8 Å². The third-order valence-corrected chi connectivity index (χ3v) is 5.09. The lowest BCUT2D eigenvalue weighted by atomic mass is 10.2. The van der Waals surface area contributed by atoms with Crippen molar-refractivity contribution in [2.75, 3.05) is 19.8 Å². The summed E-state index contributed by atoms with van der Waals surface area (Å²) in [6, 6.07) is 3.67. The van der Waals surface area contributed by atoms with Gasteiger partial charge in [0.05, 0.1) is 16.0 Å². The maximum absolute atomic E-state index is 12.3. The van der Waals surface area contributed by atoms with E-state index in [2.05, 4.69) is 21.9 Å². The highest BCUT2D eigenvalue weighted by atomic mass is 79.9. The molecule has 0 atom stereocenters. The highest BCUT2D eigenvalue weighted by molar-refractivity contribution is 9.10. The molecule has 0 N–H and O–H groups in total. The summed E-state index contributed by atoms with van der Waals surface area (Å²) in [6.45, 7) is 4.98. The average Bonchev–Trinajstić information content (AvgIpc) is 2.80. The van der Waals surface area contributed by atoms with E-state index in [1.54, 1.807) is 11.0 Å². The van der Waals surface area contributed by atoms with Crippen LogP contribution in [0.25, 0.3) is 6.08 Å². The number of hydrogen-bond donors (Lipinski definition) is 0. The van der Waals surface area contributed by atoms with Crippen molar-refractivity contribution in [1.29, 1.82) is 0 Å². The molecule has 1 aromatic carbocycles. The molecule has 1 aromatic rings. The van der Waals surface area contributed by atoms with Crippen LogP contribution in [0.3, 0.4) is 0 Å². The molecule has 1 aliphatic rings. The number of terminal acetylenes is 1. The fourth-order valence-electron chi connectivity index (χ4n) is 2.11. The van der Waals surface area contributed by atoms with E-state index in [4.69, 9.17) is 28.1 Å². The Morgan fingerprint density at radius 2 is 2.17 bits per heavy atom. The second-order valence-electron chi connectivity index (χ2n) is 4.68. The Kier molecular flexibility index (Phi) is 6.72. The van der Waals surface area contributed by atoms with Crippen LogP contribution in [0, 0.1) is 12.3 Å². The van der Waals surface area contributed by atoms with Gasteiger partial charge in [-0.05, 0) is 53.5 Å². The van der Waals surface area contributed by atoms with E-state index in [0.29, 0.717) is 38.3 Å². The van der Waals surface area contributed by atoms with Crippen LogP contribution in [0.15, 0.2) is 21.5 Å². The molecule has 24 heavy (non-hydrogen) atoms. The van der Waals surface area contributed by atoms with Crippen LogP contribution >= 0.6 is 39.9 Å². The molecule has 1 saturated heterocycles. The summed E-state index contributed by atoms with van der Waals surface area (Å²) >= 11 is 9.99. The first-order chi connectivity index (χ1) is 11.5. The number of thiocarbonyl (C=S) groups is 1.